The van der Waals surface area contributed by atoms with Gasteiger partial charge < -0.3 is 9.73 Å². The summed E-state index contributed by atoms with van der Waals surface area (Å²) in [6, 6.07) is 8.61. The van der Waals surface area contributed by atoms with Gasteiger partial charge in [0, 0.05) is 10.7 Å². The van der Waals surface area contributed by atoms with Gasteiger partial charge in [0.25, 0.3) is 5.91 Å². The first-order valence-electron chi connectivity index (χ1n) is 4.90. The second-order valence-corrected chi connectivity index (χ2v) is 4.66. The fourth-order valence-corrected chi connectivity index (χ4v) is 1.84. The number of benzene rings is 1. The zero-order chi connectivity index (χ0) is 12.4. The number of rotatable bonds is 2. The van der Waals surface area contributed by atoms with E-state index < -0.39 is 0 Å². The Bertz CT molecular complexity index is 565. The van der Waals surface area contributed by atoms with Crippen LogP contribution in [0.3, 0.4) is 0 Å². The molecule has 0 aliphatic heterocycles. The molecule has 5 heteroatoms. The Morgan fingerprint density at radius 3 is 2.76 bits per heavy atom. The monoisotopic (exact) mass is 313 g/mol. The minimum absolute atomic E-state index is 0.247. The van der Waals surface area contributed by atoms with Crippen molar-refractivity contribution in [1.29, 1.82) is 0 Å². The Labute approximate surface area is 112 Å². The molecule has 2 aromatic rings. The lowest BCUT2D eigenvalue weighted by molar-refractivity contribution is 0.0995. The van der Waals surface area contributed by atoms with Gasteiger partial charge in [-0.05, 0) is 52.7 Å². The maximum atomic E-state index is 11.8. The molecule has 1 amide bonds. The SMILES string of the molecule is Cc1c(Cl)cccc1NC(=O)c1ccc(Br)o1. The zero-order valence-corrected chi connectivity index (χ0v) is 11.3. The van der Waals surface area contributed by atoms with E-state index in [4.69, 9.17) is 16.0 Å². The number of furan rings is 1. The van der Waals surface area contributed by atoms with Gasteiger partial charge in [0.2, 0.25) is 0 Å². The summed E-state index contributed by atoms with van der Waals surface area (Å²) < 4.78 is 5.68. The van der Waals surface area contributed by atoms with E-state index in [1.165, 1.54) is 0 Å². The molecule has 1 aromatic carbocycles. The molecule has 88 valence electrons. The van der Waals surface area contributed by atoms with Gasteiger partial charge >= 0.3 is 0 Å². The van der Waals surface area contributed by atoms with Crippen molar-refractivity contribution < 1.29 is 9.21 Å². The summed E-state index contributed by atoms with van der Waals surface area (Å²) in [6.07, 6.45) is 0. The van der Waals surface area contributed by atoms with Crippen molar-refractivity contribution in [2.75, 3.05) is 5.32 Å². The van der Waals surface area contributed by atoms with Crippen molar-refractivity contribution in [3.8, 4) is 0 Å². The molecule has 3 nitrogen and oxygen atoms in total. The number of carbonyl (C=O) groups is 1. The highest BCUT2D eigenvalue weighted by atomic mass is 79.9. The average Bonchev–Trinajstić information content (AvgIpc) is 2.72. The third-order valence-electron chi connectivity index (χ3n) is 2.31. The van der Waals surface area contributed by atoms with Gasteiger partial charge in [0.1, 0.15) is 0 Å². The van der Waals surface area contributed by atoms with Gasteiger partial charge in [-0.25, -0.2) is 0 Å². The fourth-order valence-electron chi connectivity index (χ4n) is 1.36. The summed E-state index contributed by atoms with van der Waals surface area (Å²) in [5, 5.41) is 3.36. The molecule has 0 aliphatic rings. The van der Waals surface area contributed by atoms with E-state index in [2.05, 4.69) is 21.2 Å². The number of anilines is 1. The van der Waals surface area contributed by atoms with Crippen LogP contribution in [-0.2, 0) is 0 Å². The summed E-state index contributed by atoms with van der Waals surface area (Å²) in [6.45, 7) is 1.84. The normalized spacial score (nSPS) is 10.3. The van der Waals surface area contributed by atoms with E-state index in [0.717, 1.165) is 5.56 Å². The number of amides is 1. The summed E-state index contributed by atoms with van der Waals surface area (Å²) in [7, 11) is 0. The fraction of sp³-hybridized carbons (Fsp3) is 0.0833. The molecule has 0 radical (unpaired) electrons. The Hall–Kier alpha value is -1.26. The lowest BCUT2D eigenvalue weighted by Crippen LogP contribution is -2.11. The maximum absolute atomic E-state index is 11.8. The van der Waals surface area contributed by atoms with Gasteiger partial charge in [0.05, 0.1) is 0 Å². The number of carbonyl (C=O) groups excluding carboxylic acids is 1. The van der Waals surface area contributed by atoms with E-state index in [-0.39, 0.29) is 11.7 Å². The van der Waals surface area contributed by atoms with E-state index in [1.54, 1.807) is 30.3 Å². The van der Waals surface area contributed by atoms with Gasteiger partial charge in [-0.2, -0.15) is 0 Å². The Kier molecular flexibility index (Phi) is 3.54. The molecule has 0 spiro atoms. The molecule has 0 saturated heterocycles. The molecule has 0 fully saturated rings. The molecular weight excluding hydrogens is 305 g/mol. The Morgan fingerprint density at radius 2 is 2.12 bits per heavy atom. The molecule has 2 rings (SSSR count). The molecule has 0 unspecified atom stereocenters. The highest BCUT2D eigenvalue weighted by molar-refractivity contribution is 9.10. The van der Waals surface area contributed by atoms with Crippen LogP contribution in [-0.4, -0.2) is 5.91 Å². The van der Waals surface area contributed by atoms with Gasteiger partial charge in [-0.3, -0.25) is 4.79 Å². The van der Waals surface area contributed by atoms with Crippen LogP contribution in [0.5, 0.6) is 0 Å². The van der Waals surface area contributed by atoms with Crippen LogP contribution in [0, 0.1) is 6.92 Å². The third-order valence-corrected chi connectivity index (χ3v) is 3.15. The van der Waals surface area contributed by atoms with Crippen LogP contribution >= 0.6 is 27.5 Å². The lowest BCUT2D eigenvalue weighted by Gasteiger charge is -2.07. The van der Waals surface area contributed by atoms with Crippen molar-refractivity contribution in [1.82, 2.24) is 0 Å². The molecule has 0 saturated carbocycles. The summed E-state index contributed by atoms with van der Waals surface area (Å²) in [5.41, 5.74) is 1.50. The van der Waals surface area contributed by atoms with Crippen molar-refractivity contribution in [3.05, 3.63) is 51.3 Å². The lowest BCUT2D eigenvalue weighted by atomic mass is 10.2. The van der Waals surface area contributed by atoms with E-state index >= 15 is 0 Å². The van der Waals surface area contributed by atoms with Crippen LogP contribution in [0.4, 0.5) is 5.69 Å². The third kappa shape index (κ3) is 2.70. The first kappa shape index (κ1) is 12.2. The second-order valence-electron chi connectivity index (χ2n) is 3.47. The smallest absolute Gasteiger partial charge is 0.291 e. The molecule has 0 aliphatic carbocycles. The summed E-state index contributed by atoms with van der Waals surface area (Å²) >= 11 is 9.11. The highest BCUT2D eigenvalue weighted by Crippen LogP contribution is 2.24. The van der Waals surface area contributed by atoms with Gasteiger partial charge in [0.15, 0.2) is 10.4 Å². The quantitative estimate of drug-likeness (QED) is 0.900. The van der Waals surface area contributed by atoms with Crippen molar-refractivity contribution >= 4 is 39.1 Å². The number of hydrogen-bond donors (Lipinski definition) is 1. The Balaban J connectivity index is 2.21. The van der Waals surface area contributed by atoms with Crippen LogP contribution in [0.25, 0.3) is 0 Å². The largest absolute Gasteiger partial charge is 0.444 e. The van der Waals surface area contributed by atoms with E-state index in [9.17, 15) is 4.79 Å². The maximum Gasteiger partial charge on any atom is 0.291 e. The molecule has 17 heavy (non-hydrogen) atoms. The van der Waals surface area contributed by atoms with Crippen LogP contribution in [0.1, 0.15) is 16.1 Å². The number of hydrogen-bond acceptors (Lipinski definition) is 2. The topological polar surface area (TPSA) is 42.2 Å². The molecular formula is C12H9BrClNO2. The van der Waals surface area contributed by atoms with Gasteiger partial charge in [-0.15, -0.1) is 0 Å². The zero-order valence-electron chi connectivity index (χ0n) is 8.96. The van der Waals surface area contributed by atoms with Crippen molar-refractivity contribution in [2.24, 2.45) is 0 Å². The molecule has 1 N–H and O–H groups in total. The minimum Gasteiger partial charge on any atom is -0.444 e. The van der Waals surface area contributed by atoms with E-state index in [0.29, 0.717) is 15.4 Å². The van der Waals surface area contributed by atoms with Crippen LogP contribution in [0.2, 0.25) is 5.02 Å². The minimum atomic E-state index is -0.305. The van der Waals surface area contributed by atoms with Crippen molar-refractivity contribution in [2.45, 2.75) is 6.92 Å². The predicted octanol–water partition coefficient (Wildman–Crippen LogP) is 4.26. The van der Waals surface area contributed by atoms with Crippen molar-refractivity contribution in [3.63, 3.8) is 0 Å². The Morgan fingerprint density at radius 1 is 1.35 bits per heavy atom. The summed E-state index contributed by atoms with van der Waals surface area (Å²) in [5.74, 6) is -0.0580. The number of nitrogens with one attached hydrogen (secondary N) is 1. The molecule has 1 aromatic heterocycles. The molecule has 1 heterocycles. The second kappa shape index (κ2) is 4.94. The highest BCUT2D eigenvalue weighted by Gasteiger charge is 2.12. The number of halogens is 2. The van der Waals surface area contributed by atoms with Crippen LogP contribution in [0.15, 0.2) is 39.4 Å². The predicted molar refractivity (Wildman–Crippen MR) is 70.6 cm³/mol. The molecule has 0 atom stereocenters. The van der Waals surface area contributed by atoms with Crippen LogP contribution < -0.4 is 5.32 Å². The van der Waals surface area contributed by atoms with Gasteiger partial charge in [-0.1, -0.05) is 17.7 Å². The first-order valence-corrected chi connectivity index (χ1v) is 6.07. The first-order chi connectivity index (χ1) is 8.08. The summed E-state index contributed by atoms with van der Waals surface area (Å²) in [4.78, 5) is 11.8. The van der Waals surface area contributed by atoms with E-state index in [1.807, 2.05) is 6.92 Å². The average molecular weight is 315 g/mol. The molecule has 0 bridgehead atoms. The standard InChI is InChI=1S/C12H9BrClNO2/c1-7-8(14)3-2-4-9(7)15-12(16)10-5-6-11(13)17-10/h2-6H,1H3,(H,15,16).